The number of ether oxygens (including phenoxy) is 4. The van der Waals surface area contributed by atoms with Gasteiger partial charge in [0.2, 0.25) is 0 Å². The summed E-state index contributed by atoms with van der Waals surface area (Å²) >= 11 is 1.67. The molecule has 0 saturated heterocycles. The Morgan fingerprint density at radius 1 is 1.05 bits per heavy atom. The van der Waals surface area contributed by atoms with Crippen LogP contribution in [0.5, 0.6) is 5.75 Å². The van der Waals surface area contributed by atoms with Crippen LogP contribution in [0.4, 0.5) is 5.69 Å². The third-order valence-electron chi connectivity index (χ3n) is 2.59. The molecule has 21 heavy (non-hydrogen) atoms. The fraction of sp³-hybridized carbons (Fsp3) is 0.600. The smallest absolute Gasteiger partial charge is 0.120 e. The van der Waals surface area contributed by atoms with E-state index in [0.29, 0.717) is 39.6 Å². The van der Waals surface area contributed by atoms with Crippen LogP contribution in [0.15, 0.2) is 23.1 Å². The molecule has 0 saturated carbocycles. The maximum atomic E-state index is 5.95. The molecule has 1 aromatic rings. The van der Waals surface area contributed by atoms with E-state index >= 15 is 0 Å². The highest BCUT2D eigenvalue weighted by Crippen LogP contribution is 2.29. The van der Waals surface area contributed by atoms with E-state index in [2.05, 4.69) is 0 Å². The summed E-state index contributed by atoms with van der Waals surface area (Å²) in [4.78, 5) is 1.03. The van der Waals surface area contributed by atoms with Gasteiger partial charge < -0.3 is 24.7 Å². The molecule has 0 bridgehead atoms. The predicted molar refractivity (Wildman–Crippen MR) is 86.3 cm³/mol. The van der Waals surface area contributed by atoms with E-state index in [9.17, 15) is 0 Å². The Bertz CT molecular complexity index is 390. The lowest BCUT2D eigenvalue weighted by Gasteiger charge is -2.09. The van der Waals surface area contributed by atoms with E-state index < -0.39 is 0 Å². The fourth-order valence-electron chi connectivity index (χ4n) is 1.57. The summed E-state index contributed by atoms with van der Waals surface area (Å²) in [6.07, 6.45) is 0. The van der Waals surface area contributed by atoms with Crippen molar-refractivity contribution in [3.8, 4) is 5.75 Å². The highest BCUT2D eigenvalue weighted by Gasteiger charge is 2.03. The Balaban J connectivity index is 2.13. The fourth-order valence-corrected chi connectivity index (χ4v) is 2.43. The molecule has 0 aliphatic heterocycles. The molecule has 0 aromatic heterocycles. The van der Waals surface area contributed by atoms with E-state index in [1.165, 1.54) is 0 Å². The Hall–Kier alpha value is -0.950. The van der Waals surface area contributed by atoms with Gasteiger partial charge in [0.25, 0.3) is 0 Å². The van der Waals surface area contributed by atoms with Crippen LogP contribution in [0, 0.1) is 0 Å². The molecule has 120 valence electrons. The normalized spacial score (nSPS) is 10.8. The highest BCUT2D eigenvalue weighted by atomic mass is 32.2. The van der Waals surface area contributed by atoms with Crippen molar-refractivity contribution in [3.05, 3.63) is 18.2 Å². The van der Waals surface area contributed by atoms with Gasteiger partial charge in [-0.3, -0.25) is 0 Å². The molecule has 6 heteroatoms. The van der Waals surface area contributed by atoms with Gasteiger partial charge in [-0.25, -0.2) is 0 Å². The number of thioether (sulfide) groups is 1. The van der Waals surface area contributed by atoms with Gasteiger partial charge in [0.15, 0.2) is 0 Å². The van der Waals surface area contributed by atoms with Crippen molar-refractivity contribution in [3.63, 3.8) is 0 Å². The molecule has 0 radical (unpaired) electrons. The molecular weight excluding hydrogens is 290 g/mol. The molecule has 0 fully saturated rings. The summed E-state index contributed by atoms with van der Waals surface area (Å²) in [5.41, 5.74) is 6.72. The minimum Gasteiger partial charge on any atom is -0.494 e. The Labute approximate surface area is 131 Å². The first-order valence-corrected chi connectivity index (χ1v) is 8.06. The second-order valence-electron chi connectivity index (χ2n) is 4.20. The van der Waals surface area contributed by atoms with E-state index in [0.717, 1.165) is 22.1 Å². The Kier molecular flexibility index (Phi) is 10.1. The zero-order chi connectivity index (χ0) is 15.3. The molecule has 0 spiro atoms. The number of benzene rings is 1. The third kappa shape index (κ3) is 8.16. The van der Waals surface area contributed by atoms with Crippen molar-refractivity contribution < 1.29 is 18.9 Å². The minimum absolute atomic E-state index is 0.593. The first kappa shape index (κ1) is 18.1. The zero-order valence-electron chi connectivity index (χ0n) is 12.8. The molecule has 0 unspecified atom stereocenters. The topological polar surface area (TPSA) is 62.9 Å². The largest absolute Gasteiger partial charge is 0.494 e. The van der Waals surface area contributed by atoms with E-state index in [1.54, 1.807) is 18.9 Å². The maximum absolute atomic E-state index is 5.95. The SMILES string of the molecule is CCOc1ccc(N)c(SCCOCCOCCOC)c1. The van der Waals surface area contributed by atoms with Crippen LogP contribution in [0.1, 0.15) is 6.92 Å². The summed E-state index contributed by atoms with van der Waals surface area (Å²) in [7, 11) is 1.66. The van der Waals surface area contributed by atoms with Crippen LogP contribution in [-0.4, -0.2) is 52.5 Å². The number of methoxy groups -OCH3 is 1. The number of hydrogen-bond donors (Lipinski definition) is 1. The average Bonchev–Trinajstić information content (AvgIpc) is 2.49. The van der Waals surface area contributed by atoms with Crippen LogP contribution in [0.3, 0.4) is 0 Å². The monoisotopic (exact) mass is 315 g/mol. The second kappa shape index (κ2) is 11.7. The number of anilines is 1. The molecule has 1 aromatic carbocycles. The predicted octanol–water partition coefficient (Wildman–Crippen LogP) is 2.44. The summed E-state index contributed by atoms with van der Waals surface area (Å²) in [6, 6.07) is 5.73. The van der Waals surface area contributed by atoms with Crippen LogP contribution in [0.2, 0.25) is 0 Å². The van der Waals surface area contributed by atoms with Gasteiger partial charge in [0, 0.05) is 23.4 Å². The summed E-state index contributed by atoms with van der Waals surface area (Å²) in [6.45, 7) is 5.69. The lowest BCUT2D eigenvalue weighted by molar-refractivity contribution is 0.0286. The summed E-state index contributed by atoms with van der Waals surface area (Å²) in [5.74, 6) is 1.69. The number of nitrogen functional groups attached to an aromatic ring is 1. The molecule has 0 aliphatic rings. The van der Waals surface area contributed by atoms with Crippen molar-refractivity contribution in [2.45, 2.75) is 11.8 Å². The van der Waals surface area contributed by atoms with Gasteiger partial charge in [-0.05, 0) is 25.1 Å². The van der Waals surface area contributed by atoms with E-state index in [4.69, 9.17) is 24.7 Å². The van der Waals surface area contributed by atoms with Crippen molar-refractivity contribution in [1.82, 2.24) is 0 Å². The van der Waals surface area contributed by atoms with Gasteiger partial charge >= 0.3 is 0 Å². The van der Waals surface area contributed by atoms with Gasteiger partial charge in [-0.1, -0.05) is 0 Å². The second-order valence-corrected chi connectivity index (χ2v) is 5.34. The summed E-state index contributed by atoms with van der Waals surface area (Å²) in [5, 5.41) is 0. The molecule has 0 aliphatic carbocycles. The van der Waals surface area contributed by atoms with Crippen LogP contribution < -0.4 is 10.5 Å². The summed E-state index contributed by atoms with van der Waals surface area (Å²) < 4.78 is 21.2. The quantitative estimate of drug-likeness (QED) is 0.363. The lowest BCUT2D eigenvalue weighted by atomic mass is 10.3. The lowest BCUT2D eigenvalue weighted by Crippen LogP contribution is -2.09. The van der Waals surface area contributed by atoms with Gasteiger partial charge in [0.05, 0.1) is 39.6 Å². The van der Waals surface area contributed by atoms with Crippen molar-refractivity contribution in [2.75, 3.05) is 58.2 Å². The first-order valence-electron chi connectivity index (χ1n) is 7.07. The molecule has 0 atom stereocenters. The van der Waals surface area contributed by atoms with Crippen LogP contribution in [-0.2, 0) is 14.2 Å². The first-order chi connectivity index (χ1) is 10.3. The molecule has 0 amide bonds. The number of nitrogens with two attached hydrogens (primary N) is 1. The van der Waals surface area contributed by atoms with Crippen LogP contribution >= 0.6 is 11.8 Å². The zero-order valence-corrected chi connectivity index (χ0v) is 13.6. The van der Waals surface area contributed by atoms with Gasteiger partial charge in [0.1, 0.15) is 5.75 Å². The van der Waals surface area contributed by atoms with Crippen molar-refractivity contribution in [2.24, 2.45) is 0 Å². The number of rotatable bonds is 12. The maximum Gasteiger partial charge on any atom is 0.120 e. The molecule has 2 N–H and O–H groups in total. The van der Waals surface area contributed by atoms with Crippen molar-refractivity contribution in [1.29, 1.82) is 0 Å². The highest BCUT2D eigenvalue weighted by molar-refractivity contribution is 7.99. The average molecular weight is 315 g/mol. The van der Waals surface area contributed by atoms with Crippen LogP contribution in [0.25, 0.3) is 0 Å². The number of hydrogen-bond acceptors (Lipinski definition) is 6. The molecular formula is C15H25NO4S. The molecule has 1 rings (SSSR count). The van der Waals surface area contributed by atoms with E-state index in [-0.39, 0.29) is 0 Å². The Morgan fingerprint density at radius 3 is 2.48 bits per heavy atom. The third-order valence-corrected chi connectivity index (χ3v) is 3.62. The molecule has 0 heterocycles. The Morgan fingerprint density at radius 2 is 1.76 bits per heavy atom. The molecule has 5 nitrogen and oxygen atoms in total. The van der Waals surface area contributed by atoms with E-state index in [1.807, 2.05) is 25.1 Å². The van der Waals surface area contributed by atoms with Gasteiger partial charge in [-0.15, -0.1) is 11.8 Å². The standard InChI is InChI=1S/C15H25NO4S/c1-3-20-13-4-5-14(16)15(12-13)21-11-10-19-9-8-18-7-6-17-2/h4-5,12H,3,6-11,16H2,1-2H3. The van der Waals surface area contributed by atoms with Gasteiger partial charge in [-0.2, -0.15) is 0 Å². The van der Waals surface area contributed by atoms with Crippen molar-refractivity contribution >= 4 is 17.4 Å². The minimum atomic E-state index is 0.593.